The van der Waals surface area contributed by atoms with Crippen molar-refractivity contribution in [2.24, 2.45) is 5.73 Å². The van der Waals surface area contributed by atoms with E-state index in [1.807, 2.05) is 0 Å². The second kappa shape index (κ2) is 6.04. The van der Waals surface area contributed by atoms with E-state index in [0.29, 0.717) is 18.6 Å². The molecule has 18 heavy (non-hydrogen) atoms. The van der Waals surface area contributed by atoms with Gasteiger partial charge in [0.15, 0.2) is 0 Å². The Morgan fingerprint density at radius 1 is 1.39 bits per heavy atom. The zero-order valence-electron chi connectivity index (χ0n) is 11.1. The van der Waals surface area contributed by atoms with Gasteiger partial charge < -0.3 is 15.5 Å². The number of halogens is 1. The Bertz CT molecular complexity index is 396. The van der Waals surface area contributed by atoms with Crippen LogP contribution in [0.15, 0.2) is 28.7 Å². The summed E-state index contributed by atoms with van der Waals surface area (Å²) >= 11 is 3.66. The van der Waals surface area contributed by atoms with Gasteiger partial charge in [-0.15, -0.1) is 0 Å². The third kappa shape index (κ3) is 2.87. The molecule has 0 spiro atoms. The van der Waals surface area contributed by atoms with Gasteiger partial charge in [-0.25, -0.2) is 0 Å². The molecule has 0 aromatic heterocycles. The highest BCUT2D eigenvalue weighted by Crippen LogP contribution is 2.29. The summed E-state index contributed by atoms with van der Waals surface area (Å²) in [5.74, 6) is 0. The van der Waals surface area contributed by atoms with Crippen molar-refractivity contribution in [3.05, 3.63) is 28.7 Å². The number of benzene rings is 1. The standard InChI is InChI=1S/C14H22BrN3/c1-11-7-8-17(2)12(9-16)10-18(11)14-6-4-3-5-13(14)15/h3-6,11-12H,7-10,16H2,1-2H3. The van der Waals surface area contributed by atoms with Crippen LogP contribution in [0.1, 0.15) is 13.3 Å². The number of hydrogen-bond donors (Lipinski definition) is 1. The minimum Gasteiger partial charge on any atom is -0.366 e. The van der Waals surface area contributed by atoms with Crippen LogP contribution in [0.5, 0.6) is 0 Å². The fourth-order valence-electron chi connectivity index (χ4n) is 2.55. The number of para-hydroxylation sites is 1. The van der Waals surface area contributed by atoms with E-state index in [2.05, 4.69) is 64.0 Å². The lowest BCUT2D eigenvalue weighted by atomic mass is 10.1. The van der Waals surface area contributed by atoms with Crippen LogP contribution in [0.3, 0.4) is 0 Å². The lowest BCUT2D eigenvalue weighted by Crippen LogP contribution is -2.45. The van der Waals surface area contributed by atoms with Crippen molar-refractivity contribution in [1.29, 1.82) is 0 Å². The van der Waals surface area contributed by atoms with Gasteiger partial charge in [0, 0.05) is 36.2 Å². The van der Waals surface area contributed by atoms with Gasteiger partial charge in [-0.2, -0.15) is 0 Å². The average molecular weight is 312 g/mol. The molecule has 3 nitrogen and oxygen atoms in total. The summed E-state index contributed by atoms with van der Waals surface area (Å²) in [6.45, 7) is 5.12. The monoisotopic (exact) mass is 311 g/mol. The van der Waals surface area contributed by atoms with Crippen LogP contribution in [0.4, 0.5) is 5.69 Å². The average Bonchev–Trinajstić information content (AvgIpc) is 2.51. The first-order chi connectivity index (χ1) is 8.63. The van der Waals surface area contributed by atoms with Crippen molar-refractivity contribution in [3.63, 3.8) is 0 Å². The normalized spacial score (nSPS) is 26.1. The second-order valence-corrected chi connectivity index (χ2v) is 5.97. The van der Waals surface area contributed by atoms with E-state index >= 15 is 0 Å². The molecule has 0 bridgehead atoms. The van der Waals surface area contributed by atoms with E-state index in [1.165, 1.54) is 12.1 Å². The number of rotatable bonds is 2. The van der Waals surface area contributed by atoms with Crippen molar-refractivity contribution in [2.45, 2.75) is 25.4 Å². The Kier molecular flexibility index (Phi) is 4.65. The van der Waals surface area contributed by atoms with Crippen LogP contribution in [-0.2, 0) is 0 Å². The van der Waals surface area contributed by atoms with Crippen LogP contribution in [0.25, 0.3) is 0 Å². The smallest absolute Gasteiger partial charge is 0.0513 e. The summed E-state index contributed by atoms with van der Waals surface area (Å²) in [4.78, 5) is 4.86. The Balaban J connectivity index is 2.27. The molecule has 2 unspecified atom stereocenters. The maximum absolute atomic E-state index is 5.91. The predicted octanol–water partition coefficient (Wildman–Crippen LogP) is 2.31. The first-order valence-electron chi connectivity index (χ1n) is 6.55. The summed E-state index contributed by atoms with van der Waals surface area (Å²) in [7, 11) is 2.17. The van der Waals surface area contributed by atoms with Gasteiger partial charge in [-0.1, -0.05) is 12.1 Å². The van der Waals surface area contributed by atoms with Gasteiger partial charge in [-0.05, 0) is 48.5 Å². The molecular weight excluding hydrogens is 290 g/mol. The Labute approximate surface area is 118 Å². The largest absolute Gasteiger partial charge is 0.366 e. The molecule has 1 saturated heterocycles. The van der Waals surface area contributed by atoms with Gasteiger partial charge in [0.2, 0.25) is 0 Å². The van der Waals surface area contributed by atoms with Crippen LogP contribution in [0.2, 0.25) is 0 Å². The molecule has 4 heteroatoms. The first kappa shape index (κ1) is 13.8. The van der Waals surface area contributed by atoms with E-state index < -0.39 is 0 Å². The topological polar surface area (TPSA) is 32.5 Å². The number of hydrogen-bond acceptors (Lipinski definition) is 3. The molecule has 100 valence electrons. The summed E-state index contributed by atoms with van der Waals surface area (Å²) < 4.78 is 1.16. The number of nitrogens with zero attached hydrogens (tertiary/aromatic N) is 2. The Morgan fingerprint density at radius 2 is 2.11 bits per heavy atom. The molecule has 0 radical (unpaired) electrons. The van der Waals surface area contributed by atoms with E-state index in [4.69, 9.17) is 5.73 Å². The van der Waals surface area contributed by atoms with Gasteiger partial charge in [0.1, 0.15) is 0 Å². The summed E-state index contributed by atoms with van der Waals surface area (Å²) in [6.07, 6.45) is 1.17. The summed E-state index contributed by atoms with van der Waals surface area (Å²) in [6, 6.07) is 9.42. The molecule has 2 rings (SSSR count). The molecule has 1 aliphatic rings. The highest BCUT2D eigenvalue weighted by Gasteiger charge is 2.26. The highest BCUT2D eigenvalue weighted by molar-refractivity contribution is 9.10. The minimum atomic E-state index is 0.432. The van der Waals surface area contributed by atoms with Crippen molar-refractivity contribution in [2.75, 3.05) is 31.6 Å². The fraction of sp³-hybridized carbons (Fsp3) is 0.571. The summed E-state index contributed by atoms with van der Waals surface area (Å²) in [5, 5.41) is 0. The van der Waals surface area contributed by atoms with Gasteiger partial charge in [0.05, 0.1) is 5.69 Å². The lowest BCUT2D eigenvalue weighted by Gasteiger charge is -2.33. The Hall–Kier alpha value is -0.580. The van der Waals surface area contributed by atoms with E-state index in [1.54, 1.807) is 0 Å². The van der Waals surface area contributed by atoms with Crippen molar-refractivity contribution < 1.29 is 0 Å². The molecule has 1 aromatic carbocycles. The molecule has 2 N–H and O–H groups in total. The maximum Gasteiger partial charge on any atom is 0.0513 e. The maximum atomic E-state index is 5.91. The Morgan fingerprint density at radius 3 is 2.78 bits per heavy atom. The fourth-order valence-corrected chi connectivity index (χ4v) is 3.06. The highest BCUT2D eigenvalue weighted by atomic mass is 79.9. The van der Waals surface area contributed by atoms with Gasteiger partial charge in [-0.3, -0.25) is 0 Å². The van der Waals surface area contributed by atoms with Crippen LogP contribution in [0, 0.1) is 0 Å². The van der Waals surface area contributed by atoms with E-state index in [0.717, 1.165) is 17.6 Å². The molecule has 0 amide bonds. The van der Waals surface area contributed by atoms with Gasteiger partial charge in [0.25, 0.3) is 0 Å². The molecular formula is C14H22BrN3. The van der Waals surface area contributed by atoms with Crippen molar-refractivity contribution in [3.8, 4) is 0 Å². The minimum absolute atomic E-state index is 0.432. The lowest BCUT2D eigenvalue weighted by molar-refractivity contribution is 0.265. The molecule has 1 aliphatic heterocycles. The van der Waals surface area contributed by atoms with Crippen molar-refractivity contribution in [1.82, 2.24) is 4.90 Å². The molecule has 0 aliphatic carbocycles. The summed E-state index contributed by atoms with van der Waals surface area (Å²) in [5.41, 5.74) is 7.18. The molecule has 1 heterocycles. The molecule has 1 aromatic rings. The first-order valence-corrected chi connectivity index (χ1v) is 7.34. The molecule has 0 saturated carbocycles. The molecule has 2 atom stereocenters. The van der Waals surface area contributed by atoms with Crippen LogP contribution < -0.4 is 10.6 Å². The second-order valence-electron chi connectivity index (χ2n) is 5.11. The van der Waals surface area contributed by atoms with E-state index in [-0.39, 0.29) is 0 Å². The van der Waals surface area contributed by atoms with Crippen LogP contribution in [-0.4, -0.2) is 43.7 Å². The van der Waals surface area contributed by atoms with Crippen LogP contribution >= 0.6 is 15.9 Å². The third-order valence-corrected chi connectivity index (χ3v) is 4.57. The third-order valence-electron chi connectivity index (χ3n) is 3.90. The van der Waals surface area contributed by atoms with Crippen molar-refractivity contribution >= 4 is 21.6 Å². The quantitative estimate of drug-likeness (QED) is 0.909. The SMILES string of the molecule is CC1CCN(C)C(CN)CN1c1ccccc1Br. The molecule has 1 fully saturated rings. The number of anilines is 1. The number of nitrogens with two attached hydrogens (primary N) is 1. The predicted molar refractivity (Wildman–Crippen MR) is 81.0 cm³/mol. The number of likely N-dealkylation sites (N-methyl/N-ethyl adjacent to an activating group) is 1. The zero-order valence-corrected chi connectivity index (χ0v) is 12.7. The zero-order chi connectivity index (χ0) is 13.1. The van der Waals surface area contributed by atoms with Gasteiger partial charge >= 0.3 is 0 Å². The van der Waals surface area contributed by atoms with E-state index in [9.17, 15) is 0 Å².